The molecule has 3 heterocycles. The van der Waals surface area contributed by atoms with E-state index in [1.807, 2.05) is 0 Å². The van der Waals surface area contributed by atoms with Gasteiger partial charge in [-0.25, -0.2) is 0 Å². The summed E-state index contributed by atoms with van der Waals surface area (Å²) in [6.07, 6.45) is 0. The molecule has 69 valence electrons. The highest BCUT2D eigenvalue weighted by molar-refractivity contribution is 7.24. The lowest BCUT2D eigenvalue weighted by Gasteiger charge is -1.96. The zero-order chi connectivity index (χ0) is 9.83. The van der Waals surface area contributed by atoms with Crippen LogP contribution in [0.4, 0.5) is 0 Å². The van der Waals surface area contributed by atoms with Crippen LogP contribution in [0.3, 0.4) is 0 Å². The Kier molecular flexibility index (Phi) is 1.55. The molecule has 0 N–H and O–H groups in total. The third kappa shape index (κ3) is 0.956. The van der Waals surface area contributed by atoms with Crippen LogP contribution >= 0.6 is 34.0 Å². The summed E-state index contributed by atoms with van der Waals surface area (Å²) < 4.78 is 4.02. The van der Waals surface area contributed by atoms with Gasteiger partial charge >= 0.3 is 0 Å². The van der Waals surface area contributed by atoms with Gasteiger partial charge in [0.15, 0.2) is 0 Å². The number of rotatable bonds is 0. The summed E-state index contributed by atoms with van der Waals surface area (Å²) in [7, 11) is 0. The van der Waals surface area contributed by atoms with Crippen LogP contribution in [-0.4, -0.2) is 0 Å². The van der Waals surface area contributed by atoms with Crippen molar-refractivity contribution in [2.24, 2.45) is 0 Å². The van der Waals surface area contributed by atoms with E-state index in [1.165, 1.54) is 30.3 Å². The van der Waals surface area contributed by atoms with Crippen molar-refractivity contribution in [3.05, 3.63) is 34.3 Å². The Bertz CT molecular complexity index is 575. The highest BCUT2D eigenvalue weighted by Crippen LogP contribution is 2.41. The van der Waals surface area contributed by atoms with E-state index in [0.29, 0.717) is 0 Å². The first-order chi connectivity index (χ1) is 7.45. The summed E-state index contributed by atoms with van der Waals surface area (Å²) in [5, 5.41) is 13.6. The van der Waals surface area contributed by atoms with Crippen molar-refractivity contribution >= 4 is 64.3 Å². The molecule has 0 spiro atoms. The molecule has 0 nitrogen and oxygen atoms in total. The average molecular weight is 243 g/mol. The summed E-state index contributed by atoms with van der Waals surface area (Å²) in [6.45, 7) is 0. The van der Waals surface area contributed by atoms with Gasteiger partial charge in [0.05, 0.1) is 0 Å². The number of benzene rings is 1. The standard InChI is InChI=1S/C12H3S3/c1-4-13-10-7(1)11-9(2-5-14-11)12-8(10)3-6-15-12/h1-3H. The Morgan fingerprint density at radius 3 is 1.27 bits per heavy atom. The van der Waals surface area contributed by atoms with Crippen molar-refractivity contribution in [3.63, 3.8) is 0 Å². The molecule has 0 saturated heterocycles. The van der Waals surface area contributed by atoms with Crippen molar-refractivity contribution in [3.8, 4) is 0 Å². The maximum atomic E-state index is 3.23. The Morgan fingerprint density at radius 2 is 0.933 bits per heavy atom. The van der Waals surface area contributed by atoms with Crippen molar-refractivity contribution in [2.75, 3.05) is 0 Å². The van der Waals surface area contributed by atoms with Gasteiger partial charge in [-0.05, 0) is 18.2 Å². The summed E-state index contributed by atoms with van der Waals surface area (Å²) >= 11 is 5.08. The molecule has 3 heteroatoms. The average Bonchev–Trinajstić information content (AvgIpc) is 2.97. The van der Waals surface area contributed by atoms with Crippen molar-refractivity contribution in [1.82, 2.24) is 0 Å². The number of fused-ring (bicyclic) bond motifs is 6. The van der Waals surface area contributed by atoms with E-state index >= 15 is 0 Å². The molecule has 0 unspecified atom stereocenters. The van der Waals surface area contributed by atoms with Crippen molar-refractivity contribution in [2.45, 2.75) is 0 Å². The topological polar surface area (TPSA) is 0 Å². The third-order valence-electron chi connectivity index (χ3n) is 2.56. The maximum absolute atomic E-state index is 3.23. The van der Waals surface area contributed by atoms with Gasteiger partial charge in [0.2, 0.25) is 0 Å². The second kappa shape index (κ2) is 2.82. The largest absolute Gasteiger partial charge is 0.134 e. The summed E-state index contributed by atoms with van der Waals surface area (Å²) in [6, 6.07) is 6.26. The Labute approximate surface area is 98.4 Å². The predicted molar refractivity (Wildman–Crippen MR) is 69.1 cm³/mol. The molecular weight excluding hydrogens is 240 g/mol. The molecule has 1 aromatic carbocycles. The zero-order valence-electron chi connectivity index (χ0n) is 7.46. The highest BCUT2D eigenvalue weighted by Gasteiger charge is 2.11. The quantitative estimate of drug-likeness (QED) is 0.419. The molecule has 4 rings (SSSR count). The molecule has 3 radical (unpaired) electrons. The molecule has 0 aliphatic carbocycles. The lowest BCUT2D eigenvalue weighted by atomic mass is 10.1. The number of hydrogen-bond acceptors (Lipinski definition) is 3. The smallest absolute Gasteiger partial charge is 0.0456 e. The fourth-order valence-electron chi connectivity index (χ4n) is 1.91. The van der Waals surface area contributed by atoms with Crippen LogP contribution < -0.4 is 0 Å². The SMILES string of the molecule is [c]1cc2c(s1)c1c[c]sc1c1c[c]sc21. The van der Waals surface area contributed by atoms with Crippen LogP contribution in [0.2, 0.25) is 0 Å². The first-order valence-electron chi connectivity index (χ1n) is 4.46. The fraction of sp³-hybridized carbons (Fsp3) is 0. The van der Waals surface area contributed by atoms with Crippen LogP contribution in [0.15, 0.2) is 18.2 Å². The van der Waals surface area contributed by atoms with E-state index in [0.717, 1.165) is 0 Å². The third-order valence-corrected chi connectivity index (χ3v) is 5.20. The van der Waals surface area contributed by atoms with Gasteiger partial charge < -0.3 is 0 Å². The molecule has 15 heavy (non-hydrogen) atoms. The monoisotopic (exact) mass is 243 g/mol. The molecule has 0 saturated carbocycles. The summed E-state index contributed by atoms with van der Waals surface area (Å²) in [4.78, 5) is 0. The van der Waals surface area contributed by atoms with Gasteiger partial charge in [0.25, 0.3) is 0 Å². The van der Waals surface area contributed by atoms with Gasteiger partial charge in [0.1, 0.15) is 0 Å². The van der Waals surface area contributed by atoms with Gasteiger partial charge in [-0.1, -0.05) is 0 Å². The fourth-order valence-corrected chi connectivity index (χ4v) is 4.61. The molecule has 0 aliphatic rings. The number of hydrogen-bond donors (Lipinski definition) is 0. The Morgan fingerprint density at radius 1 is 0.600 bits per heavy atom. The molecule has 0 amide bonds. The highest BCUT2D eigenvalue weighted by atomic mass is 32.1. The van der Waals surface area contributed by atoms with Crippen LogP contribution in [0.25, 0.3) is 30.3 Å². The molecule has 0 bridgehead atoms. The van der Waals surface area contributed by atoms with E-state index in [1.54, 1.807) is 34.0 Å². The minimum Gasteiger partial charge on any atom is -0.134 e. The Balaban J connectivity index is 2.56. The van der Waals surface area contributed by atoms with Crippen molar-refractivity contribution in [1.29, 1.82) is 0 Å². The van der Waals surface area contributed by atoms with Gasteiger partial charge in [0, 0.05) is 46.4 Å². The minimum atomic E-state index is 1.32. The summed E-state index contributed by atoms with van der Waals surface area (Å²) in [5.41, 5.74) is 0. The van der Waals surface area contributed by atoms with Crippen LogP contribution in [0, 0.1) is 16.1 Å². The summed E-state index contributed by atoms with van der Waals surface area (Å²) in [5.74, 6) is 0. The van der Waals surface area contributed by atoms with Gasteiger partial charge in [-0.3, -0.25) is 0 Å². The van der Waals surface area contributed by atoms with E-state index in [-0.39, 0.29) is 0 Å². The minimum absolute atomic E-state index is 1.32. The van der Waals surface area contributed by atoms with Crippen LogP contribution in [0.1, 0.15) is 0 Å². The molecule has 3 aromatic heterocycles. The molecular formula is C12H3S3. The molecule has 0 atom stereocenters. The second-order valence-electron chi connectivity index (χ2n) is 3.32. The lowest BCUT2D eigenvalue weighted by molar-refractivity contribution is 2.11. The van der Waals surface area contributed by atoms with E-state index < -0.39 is 0 Å². The van der Waals surface area contributed by atoms with Gasteiger partial charge in [-0.2, -0.15) is 0 Å². The predicted octanol–water partition coefficient (Wildman–Crippen LogP) is 4.73. The Hall–Kier alpha value is -0.900. The van der Waals surface area contributed by atoms with E-state index in [9.17, 15) is 0 Å². The first kappa shape index (κ1) is 8.28. The molecule has 4 aromatic rings. The van der Waals surface area contributed by atoms with Crippen molar-refractivity contribution < 1.29 is 0 Å². The normalized spacial score (nSPS) is 12.0. The first-order valence-corrected chi connectivity index (χ1v) is 6.91. The lowest BCUT2D eigenvalue weighted by Crippen LogP contribution is -1.67. The van der Waals surface area contributed by atoms with Crippen LogP contribution in [-0.2, 0) is 0 Å². The molecule has 0 fully saturated rings. The van der Waals surface area contributed by atoms with Crippen LogP contribution in [0.5, 0.6) is 0 Å². The van der Waals surface area contributed by atoms with E-state index in [4.69, 9.17) is 0 Å². The van der Waals surface area contributed by atoms with Gasteiger partial charge in [-0.15, -0.1) is 34.0 Å². The molecule has 0 aliphatic heterocycles. The number of thiophene rings is 3. The van der Waals surface area contributed by atoms with E-state index in [2.05, 4.69) is 34.3 Å². The maximum Gasteiger partial charge on any atom is 0.0456 e. The zero-order valence-corrected chi connectivity index (χ0v) is 9.91. The second-order valence-corrected chi connectivity index (χ2v) is 5.87.